The van der Waals surface area contributed by atoms with Crippen LogP contribution in [0.3, 0.4) is 0 Å². The first kappa shape index (κ1) is 22.8. The quantitative estimate of drug-likeness (QED) is 0.387. The molecule has 3 heterocycles. The largest absolute Gasteiger partial charge is 0.382 e. The van der Waals surface area contributed by atoms with Crippen LogP contribution in [0.2, 0.25) is 5.02 Å². The minimum Gasteiger partial charge on any atom is -0.382 e. The van der Waals surface area contributed by atoms with Gasteiger partial charge < -0.3 is 16.8 Å². The van der Waals surface area contributed by atoms with Crippen LogP contribution < -0.4 is 22.3 Å². The normalized spacial score (nSPS) is 11.9. The van der Waals surface area contributed by atoms with Gasteiger partial charge in [0.05, 0.1) is 34.5 Å². The lowest BCUT2D eigenvalue weighted by Gasteiger charge is -2.23. The van der Waals surface area contributed by atoms with E-state index in [1.165, 1.54) is 12.3 Å². The number of pyridine rings is 1. The predicted octanol–water partition coefficient (Wildman–Crippen LogP) is 3.10. The molecule has 0 aliphatic rings. The van der Waals surface area contributed by atoms with Crippen LogP contribution in [0.15, 0.2) is 35.4 Å². The molecule has 0 bridgehead atoms. The number of anilines is 3. The maximum absolute atomic E-state index is 14.7. The third kappa shape index (κ3) is 3.93. The van der Waals surface area contributed by atoms with E-state index < -0.39 is 23.2 Å². The molecule has 0 spiro atoms. The molecule has 172 valence electrons. The molecule has 0 amide bonds. The first-order valence-electron chi connectivity index (χ1n) is 9.86. The van der Waals surface area contributed by atoms with Crippen molar-refractivity contribution in [2.45, 2.75) is 19.4 Å². The minimum absolute atomic E-state index is 0.00629. The zero-order chi connectivity index (χ0) is 24.6. The molecule has 4 aromatic rings. The molecule has 34 heavy (non-hydrogen) atoms. The van der Waals surface area contributed by atoms with E-state index in [1.807, 2.05) is 6.07 Å². The smallest absolute Gasteiger partial charge is 0.267 e. The standard InChI is InChI=1S/C21H16ClF2N9O/c1-2-14(29-18-11(6-25)17(26)31-21(27)32-18)19-30-16-13(24)4-3-12(22)15(16)20(34)33(19)10-5-9(23)7-28-8-10/h3-5,7-8,14H,2H2,1H3,(H5,26,27,29,31,32). The molecule has 5 N–H and O–H groups in total. The van der Waals surface area contributed by atoms with Crippen molar-refractivity contribution >= 4 is 40.1 Å². The second-order valence-electron chi connectivity index (χ2n) is 7.13. The number of rotatable bonds is 5. The number of nitrogens with one attached hydrogen (secondary N) is 1. The van der Waals surface area contributed by atoms with E-state index >= 15 is 0 Å². The molecule has 0 saturated heterocycles. The van der Waals surface area contributed by atoms with Crippen LogP contribution in [0.5, 0.6) is 0 Å². The molecule has 13 heteroatoms. The monoisotopic (exact) mass is 483 g/mol. The van der Waals surface area contributed by atoms with Crippen LogP contribution in [0.4, 0.5) is 26.4 Å². The number of hydrogen-bond donors (Lipinski definition) is 3. The molecule has 1 atom stereocenters. The Balaban J connectivity index is 2.02. The summed E-state index contributed by atoms with van der Waals surface area (Å²) in [5.41, 5.74) is 10.4. The second-order valence-corrected chi connectivity index (χ2v) is 7.54. The molecule has 3 aromatic heterocycles. The van der Waals surface area contributed by atoms with Gasteiger partial charge in [-0.1, -0.05) is 18.5 Å². The fourth-order valence-electron chi connectivity index (χ4n) is 3.47. The van der Waals surface area contributed by atoms with Gasteiger partial charge in [0.2, 0.25) is 5.95 Å². The highest BCUT2D eigenvalue weighted by molar-refractivity contribution is 6.35. The third-order valence-electron chi connectivity index (χ3n) is 5.00. The van der Waals surface area contributed by atoms with Crippen molar-refractivity contribution in [3.8, 4) is 11.8 Å². The van der Waals surface area contributed by atoms with Gasteiger partial charge in [0.1, 0.15) is 40.4 Å². The van der Waals surface area contributed by atoms with E-state index in [0.29, 0.717) is 0 Å². The number of nitrogens with two attached hydrogens (primary N) is 2. The second kappa shape index (κ2) is 8.87. The summed E-state index contributed by atoms with van der Waals surface area (Å²) < 4.78 is 29.8. The van der Waals surface area contributed by atoms with Crippen LogP contribution in [0, 0.1) is 23.0 Å². The summed E-state index contributed by atoms with van der Waals surface area (Å²) in [6, 6.07) is 4.45. The van der Waals surface area contributed by atoms with Crippen molar-refractivity contribution in [3.05, 3.63) is 69.0 Å². The molecule has 1 unspecified atom stereocenters. The molecule has 0 aliphatic heterocycles. The maximum Gasteiger partial charge on any atom is 0.267 e. The molecule has 1 aromatic carbocycles. The average Bonchev–Trinajstić information content (AvgIpc) is 2.79. The number of halogens is 3. The Hall–Kier alpha value is -4.37. The van der Waals surface area contributed by atoms with Crippen molar-refractivity contribution in [2.24, 2.45) is 0 Å². The van der Waals surface area contributed by atoms with Crippen LogP contribution >= 0.6 is 11.6 Å². The summed E-state index contributed by atoms with van der Waals surface area (Å²) in [6.07, 6.45) is 2.50. The van der Waals surface area contributed by atoms with Gasteiger partial charge in [-0.3, -0.25) is 14.3 Å². The number of fused-ring (bicyclic) bond motifs is 1. The summed E-state index contributed by atoms with van der Waals surface area (Å²) in [5.74, 6) is -1.83. The summed E-state index contributed by atoms with van der Waals surface area (Å²) in [4.78, 5) is 29.5. The van der Waals surface area contributed by atoms with Gasteiger partial charge in [-0.15, -0.1) is 0 Å². The minimum atomic E-state index is -0.834. The topological polar surface area (TPSA) is 161 Å². The van der Waals surface area contributed by atoms with Gasteiger partial charge in [-0.2, -0.15) is 15.2 Å². The Morgan fingerprint density at radius 1 is 1.24 bits per heavy atom. The molecule has 0 aliphatic carbocycles. The van der Waals surface area contributed by atoms with Crippen LogP contribution in [0.25, 0.3) is 16.6 Å². The fraction of sp³-hybridized carbons (Fsp3) is 0.143. The van der Waals surface area contributed by atoms with Crippen molar-refractivity contribution in [2.75, 3.05) is 16.8 Å². The van der Waals surface area contributed by atoms with Crippen LogP contribution in [0.1, 0.15) is 30.8 Å². The fourth-order valence-corrected chi connectivity index (χ4v) is 3.70. The number of nitrogen functional groups attached to an aromatic ring is 2. The first-order valence-corrected chi connectivity index (χ1v) is 10.2. The Kier molecular flexibility index (Phi) is 5.95. The lowest BCUT2D eigenvalue weighted by Crippen LogP contribution is -2.29. The highest BCUT2D eigenvalue weighted by atomic mass is 35.5. The van der Waals surface area contributed by atoms with Gasteiger partial charge >= 0.3 is 0 Å². The Morgan fingerprint density at radius 2 is 2.00 bits per heavy atom. The van der Waals surface area contributed by atoms with Gasteiger partial charge in [0.25, 0.3) is 5.56 Å². The summed E-state index contributed by atoms with van der Waals surface area (Å²) in [5, 5.41) is 12.2. The summed E-state index contributed by atoms with van der Waals surface area (Å²) in [6.45, 7) is 1.75. The summed E-state index contributed by atoms with van der Waals surface area (Å²) in [7, 11) is 0. The molecule has 0 fully saturated rings. The molecule has 0 saturated carbocycles. The number of aromatic nitrogens is 5. The van der Waals surface area contributed by atoms with E-state index in [0.717, 1.165) is 22.9 Å². The van der Waals surface area contributed by atoms with Crippen molar-refractivity contribution in [1.82, 2.24) is 24.5 Å². The summed E-state index contributed by atoms with van der Waals surface area (Å²) >= 11 is 6.19. The third-order valence-corrected chi connectivity index (χ3v) is 5.31. The number of hydrogen-bond acceptors (Lipinski definition) is 9. The van der Waals surface area contributed by atoms with Crippen molar-refractivity contribution in [1.29, 1.82) is 5.26 Å². The van der Waals surface area contributed by atoms with E-state index in [9.17, 15) is 18.8 Å². The highest BCUT2D eigenvalue weighted by Crippen LogP contribution is 2.29. The van der Waals surface area contributed by atoms with E-state index in [-0.39, 0.29) is 57.0 Å². The number of nitrogens with zero attached hydrogens (tertiary/aromatic N) is 6. The zero-order valence-electron chi connectivity index (χ0n) is 17.6. The molecule has 10 nitrogen and oxygen atoms in total. The number of nitriles is 1. The van der Waals surface area contributed by atoms with E-state index in [1.54, 1.807) is 6.92 Å². The van der Waals surface area contributed by atoms with Gasteiger partial charge in [0, 0.05) is 6.07 Å². The van der Waals surface area contributed by atoms with Crippen molar-refractivity contribution < 1.29 is 8.78 Å². The van der Waals surface area contributed by atoms with E-state index in [4.69, 9.17) is 23.1 Å². The molecular formula is C21H16ClF2N9O. The average molecular weight is 484 g/mol. The van der Waals surface area contributed by atoms with Gasteiger partial charge in [-0.25, -0.2) is 13.8 Å². The van der Waals surface area contributed by atoms with E-state index in [2.05, 4.69) is 25.3 Å². The highest BCUT2D eigenvalue weighted by Gasteiger charge is 2.25. The molecule has 0 radical (unpaired) electrons. The van der Waals surface area contributed by atoms with Crippen LogP contribution in [-0.4, -0.2) is 24.5 Å². The SMILES string of the molecule is CCC(Nc1nc(N)nc(N)c1C#N)c1nc2c(F)ccc(Cl)c2c(=O)n1-c1cncc(F)c1. The van der Waals surface area contributed by atoms with Gasteiger partial charge in [-0.05, 0) is 18.6 Å². The lowest BCUT2D eigenvalue weighted by atomic mass is 10.1. The van der Waals surface area contributed by atoms with Crippen LogP contribution in [-0.2, 0) is 0 Å². The van der Waals surface area contributed by atoms with Gasteiger partial charge in [0.15, 0.2) is 5.82 Å². The molecular weight excluding hydrogens is 468 g/mol. The Morgan fingerprint density at radius 3 is 2.68 bits per heavy atom. The predicted molar refractivity (Wildman–Crippen MR) is 122 cm³/mol. The van der Waals surface area contributed by atoms with Crippen molar-refractivity contribution in [3.63, 3.8) is 0 Å². The number of benzene rings is 1. The molecule has 4 rings (SSSR count). The Bertz CT molecular complexity index is 1530. The first-order chi connectivity index (χ1) is 16.2. The Labute approximate surface area is 195 Å². The lowest BCUT2D eigenvalue weighted by molar-refractivity contribution is 0.612. The zero-order valence-corrected chi connectivity index (χ0v) is 18.3. The maximum atomic E-state index is 14.7.